The first-order chi connectivity index (χ1) is 14.1. The molecule has 0 saturated carbocycles. The number of anilines is 1. The van der Waals surface area contributed by atoms with Crippen LogP contribution in [0.15, 0.2) is 78.4 Å². The Labute approximate surface area is 170 Å². The van der Waals surface area contributed by atoms with Crippen LogP contribution in [0, 0.1) is 10.1 Å². The third-order valence-corrected chi connectivity index (χ3v) is 5.28. The van der Waals surface area contributed by atoms with E-state index in [2.05, 4.69) is 10.4 Å². The van der Waals surface area contributed by atoms with Gasteiger partial charge in [-0.2, -0.15) is 5.10 Å². The van der Waals surface area contributed by atoms with Crippen molar-refractivity contribution in [3.63, 3.8) is 0 Å². The minimum Gasteiger partial charge on any atom is -0.321 e. The number of hydrogen-bond acceptors (Lipinski definition) is 5. The van der Waals surface area contributed by atoms with Gasteiger partial charge in [0, 0.05) is 5.69 Å². The first-order valence-electron chi connectivity index (χ1n) is 8.79. The van der Waals surface area contributed by atoms with Crippen molar-refractivity contribution in [3.05, 3.63) is 99.0 Å². The van der Waals surface area contributed by atoms with Crippen molar-refractivity contribution < 1.29 is 9.72 Å². The topological polar surface area (TPSA) is 90.1 Å². The standard InChI is InChI=1S/C21H16N4O3S/c26-21(23-18-8-6-17(7-9-18)16-4-2-1-3-5-16)20-10-15(14-29-20)12-24-13-19(11-22-24)25(27)28/h1-11,13-14H,12H2,(H,23,26). The molecule has 4 rings (SSSR count). The molecule has 7 nitrogen and oxygen atoms in total. The zero-order chi connectivity index (χ0) is 20.2. The fourth-order valence-corrected chi connectivity index (χ4v) is 3.67. The number of benzene rings is 2. The number of thiophene rings is 1. The Morgan fingerprint density at radius 3 is 2.52 bits per heavy atom. The molecule has 0 aliphatic carbocycles. The van der Waals surface area contributed by atoms with Crippen LogP contribution in [0.1, 0.15) is 15.2 Å². The van der Waals surface area contributed by atoms with E-state index in [1.807, 2.05) is 60.0 Å². The molecule has 8 heteroatoms. The van der Waals surface area contributed by atoms with Crippen molar-refractivity contribution >= 4 is 28.6 Å². The number of rotatable bonds is 6. The number of carbonyl (C=O) groups excluding carboxylic acids is 1. The SMILES string of the molecule is O=C(Nc1ccc(-c2ccccc2)cc1)c1cc(Cn2cc([N+](=O)[O-])cn2)cs1. The third kappa shape index (κ3) is 4.39. The average molecular weight is 404 g/mol. The van der Waals surface area contributed by atoms with Crippen molar-refractivity contribution in [2.75, 3.05) is 5.32 Å². The summed E-state index contributed by atoms with van der Waals surface area (Å²) in [6.45, 7) is 0.364. The van der Waals surface area contributed by atoms with E-state index in [1.54, 1.807) is 6.07 Å². The molecule has 4 aromatic rings. The van der Waals surface area contributed by atoms with Crippen LogP contribution in [0.4, 0.5) is 11.4 Å². The fraction of sp³-hybridized carbons (Fsp3) is 0.0476. The average Bonchev–Trinajstić information content (AvgIpc) is 3.39. The second kappa shape index (κ2) is 8.07. The van der Waals surface area contributed by atoms with Crippen LogP contribution in [0.3, 0.4) is 0 Å². The number of hydrogen-bond donors (Lipinski definition) is 1. The summed E-state index contributed by atoms with van der Waals surface area (Å²) in [6, 6.07) is 19.5. The van der Waals surface area contributed by atoms with Crippen molar-refractivity contribution in [2.24, 2.45) is 0 Å². The number of nitro groups is 1. The summed E-state index contributed by atoms with van der Waals surface area (Å²) < 4.78 is 1.48. The lowest BCUT2D eigenvalue weighted by Crippen LogP contribution is -2.10. The largest absolute Gasteiger partial charge is 0.321 e. The van der Waals surface area contributed by atoms with E-state index in [9.17, 15) is 14.9 Å². The van der Waals surface area contributed by atoms with Crippen molar-refractivity contribution in [1.29, 1.82) is 0 Å². The maximum Gasteiger partial charge on any atom is 0.307 e. The number of nitrogens with zero attached hydrogens (tertiary/aromatic N) is 3. The molecule has 0 fully saturated rings. The highest BCUT2D eigenvalue weighted by atomic mass is 32.1. The van der Waals surface area contributed by atoms with Gasteiger partial charge in [0.25, 0.3) is 5.91 Å². The normalized spacial score (nSPS) is 10.6. The molecule has 144 valence electrons. The van der Waals surface area contributed by atoms with Crippen LogP contribution in [0.5, 0.6) is 0 Å². The Kier molecular flexibility index (Phi) is 5.17. The highest BCUT2D eigenvalue weighted by Gasteiger charge is 2.12. The van der Waals surface area contributed by atoms with E-state index >= 15 is 0 Å². The summed E-state index contributed by atoms with van der Waals surface area (Å²) in [5.74, 6) is -0.194. The Morgan fingerprint density at radius 2 is 1.83 bits per heavy atom. The minimum absolute atomic E-state index is 0.0582. The molecule has 0 unspecified atom stereocenters. The van der Waals surface area contributed by atoms with Gasteiger partial charge in [-0.25, -0.2) is 0 Å². The van der Waals surface area contributed by atoms with E-state index in [0.29, 0.717) is 17.1 Å². The molecule has 2 aromatic carbocycles. The summed E-state index contributed by atoms with van der Waals surface area (Å²) in [5, 5.41) is 19.4. The lowest BCUT2D eigenvalue weighted by molar-refractivity contribution is -0.385. The van der Waals surface area contributed by atoms with Crippen LogP contribution in [-0.4, -0.2) is 20.6 Å². The summed E-state index contributed by atoms with van der Waals surface area (Å²) in [4.78, 5) is 23.3. The van der Waals surface area contributed by atoms with Gasteiger partial charge in [-0.15, -0.1) is 11.3 Å². The smallest absolute Gasteiger partial charge is 0.307 e. The zero-order valence-electron chi connectivity index (χ0n) is 15.2. The first kappa shape index (κ1) is 18.6. The molecular weight excluding hydrogens is 388 g/mol. The molecule has 1 N–H and O–H groups in total. The highest BCUT2D eigenvalue weighted by molar-refractivity contribution is 7.12. The van der Waals surface area contributed by atoms with Gasteiger partial charge >= 0.3 is 5.69 Å². The summed E-state index contributed by atoms with van der Waals surface area (Å²) >= 11 is 1.32. The second-order valence-electron chi connectivity index (χ2n) is 6.37. The van der Waals surface area contributed by atoms with Gasteiger partial charge in [-0.05, 0) is 40.3 Å². The quantitative estimate of drug-likeness (QED) is 0.368. The van der Waals surface area contributed by atoms with Crippen LogP contribution in [0.2, 0.25) is 0 Å². The third-order valence-electron chi connectivity index (χ3n) is 4.30. The van der Waals surface area contributed by atoms with E-state index in [4.69, 9.17) is 0 Å². The first-order valence-corrected chi connectivity index (χ1v) is 9.67. The lowest BCUT2D eigenvalue weighted by Gasteiger charge is -2.06. The van der Waals surface area contributed by atoms with Gasteiger partial charge in [0.1, 0.15) is 12.4 Å². The molecule has 0 bridgehead atoms. The molecule has 0 radical (unpaired) electrons. The van der Waals surface area contributed by atoms with Crippen LogP contribution in [0.25, 0.3) is 11.1 Å². The van der Waals surface area contributed by atoms with E-state index < -0.39 is 4.92 Å². The molecule has 0 aliphatic rings. The van der Waals surface area contributed by atoms with Crippen LogP contribution >= 0.6 is 11.3 Å². The highest BCUT2D eigenvalue weighted by Crippen LogP contribution is 2.22. The van der Waals surface area contributed by atoms with Crippen molar-refractivity contribution in [3.8, 4) is 11.1 Å². The number of carbonyl (C=O) groups is 1. The molecule has 1 amide bonds. The zero-order valence-corrected chi connectivity index (χ0v) is 16.0. The Morgan fingerprint density at radius 1 is 1.10 bits per heavy atom. The lowest BCUT2D eigenvalue weighted by atomic mass is 10.1. The van der Waals surface area contributed by atoms with Gasteiger partial charge in [0.2, 0.25) is 0 Å². The monoisotopic (exact) mass is 404 g/mol. The molecular formula is C21H16N4O3S. The molecule has 2 heterocycles. The molecule has 29 heavy (non-hydrogen) atoms. The van der Waals surface area contributed by atoms with Gasteiger partial charge in [0.15, 0.2) is 0 Å². The van der Waals surface area contributed by atoms with Crippen LogP contribution < -0.4 is 5.32 Å². The summed E-state index contributed by atoms with van der Waals surface area (Å²) in [5.41, 5.74) is 3.71. The van der Waals surface area contributed by atoms with E-state index in [1.165, 1.54) is 28.4 Å². The van der Waals surface area contributed by atoms with Gasteiger partial charge in [-0.3, -0.25) is 19.6 Å². The summed E-state index contributed by atoms with van der Waals surface area (Å²) in [6.07, 6.45) is 2.57. The van der Waals surface area contributed by atoms with E-state index in [-0.39, 0.29) is 11.6 Å². The second-order valence-corrected chi connectivity index (χ2v) is 7.28. The molecule has 0 atom stereocenters. The maximum absolute atomic E-state index is 12.5. The van der Waals surface area contributed by atoms with Crippen LogP contribution in [-0.2, 0) is 6.54 Å². The van der Waals surface area contributed by atoms with Gasteiger partial charge in [-0.1, -0.05) is 42.5 Å². The molecule has 2 aromatic heterocycles. The molecule has 0 saturated heterocycles. The molecule has 0 spiro atoms. The number of nitrogens with one attached hydrogen (secondary N) is 1. The Hall–Kier alpha value is -3.78. The predicted molar refractivity (Wildman–Crippen MR) is 112 cm³/mol. The fourth-order valence-electron chi connectivity index (χ4n) is 2.87. The van der Waals surface area contributed by atoms with Gasteiger partial charge in [0.05, 0.1) is 16.3 Å². The Balaban J connectivity index is 1.40. The minimum atomic E-state index is -0.487. The van der Waals surface area contributed by atoms with E-state index in [0.717, 1.165) is 16.7 Å². The number of aromatic nitrogens is 2. The maximum atomic E-state index is 12.5. The summed E-state index contributed by atoms with van der Waals surface area (Å²) in [7, 11) is 0. The predicted octanol–water partition coefficient (Wildman–Crippen LogP) is 4.82. The Bertz CT molecular complexity index is 1150. The van der Waals surface area contributed by atoms with Crippen molar-refractivity contribution in [2.45, 2.75) is 6.54 Å². The van der Waals surface area contributed by atoms with Gasteiger partial charge < -0.3 is 5.32 Å². The molecule has 0 aliphatic heterocycles. The van der Waals surface area contributed by atoms with Crippen molar-refractivity contribution in [1.82, 2.24) is 9.78 Å². The number of amides is 1.